The fourth-order valence-electron chi connectivity index (χ4n) is 1.51. The summed E-state index contributed by atoms with van der Waals surface area (Å²) in [6, 6.07) is 9.96. The number of nitrogens with one attached hydrogen (secondary N) is 2. The van der Waals surface area contributed by atoms with Crippen molar-refractivity contribution in [1.29, 1.82) is 0 Å². The van der Waals surface area contributed by atoms with Gasteiger partial charge in [0.05, 0.1) is 12.8 Å². The predicted molar refractivity (Wildman–Crippen MR) is 92.1 cm³/mol. The molecule has 0 atom stereocenters. The van der Waals surface area contributed by atoms with E-state index >= 15 is 0 Å². The number of hydrazone groups is 1. The lowest BCUT2D eigenvalue weighted by Gasteiger charge is -2.06. The number of furan rings is 1. The van der Waals surface area contributed by atoms with E-state index in [0.29, 0.717) is 21.2 Å². The van der Waals surface area contributed by atoms with Crippen LogP contribution in [0.5, 0.6) is 5.75 Å². The van der Waals surface area contributed by atoms with Crippen LogP contribution in [0.15, 0.2) is 50.6 Å². The number of hydrogen-bond donors (Lipinski definition) is 2. The minimum absolute atomic E-state index is 0.210. The summed E-state index contributed by atoms with van der Waals surface area (Å²) < 4.78 is 11.0. The molecule has 2 amide bonds. The van der Waals surface area contributed by atoms with Gasteiger partial charge in [-0.05, 0) is 52.3 Å². The van der Waals surface area contributed by atoms with Crippen LogP contribution < -0.4 is 15.5 Å². The Bertz CT molecular complexity index is 731. The second kappa shape index (κ2) is 9.09. The molecule has 126 valence electrons. The zero-order valence-corrected chi connectivity index (χ0v) is 14.6. The Morgan fingerprint density at radius 3 is 2.62 bits per heavy atom. The molecule has 0 bridgehead atoms. The number of benzene rings is 1. The Hall–Kier alpha value is -2.32. The molecule has 0 unspecified atom stereocenters. The van der Waals surface area contributed by atoms with Crippen molar-refractivity contribution in [2.45, 2.75) is 0 Å². The van der Waals surface area contributed by atoms with Gasteiger partial charge in [0.1, 0.15) is 11.5 Å². The van der Waals surface area contributed by atoms with Crippen LogP contribution in [0.2, 0.25) is 5.02 Å². The third kappa shape index (κ3) is 6.43. The molecule has 0 saturated carbocycles. The zero-order chi connectivity index (χ0) is 17.4. The quantitative estimate of drug-likeness (QED) is 0.537. The summed E-state index contributed by atoms with van der Waals surface area (Å²) in [6.45, 7) is -0.430. The maximum atomic E-state index is 11.6. The van der Waals surface area contributed by atoms with E-state index in [2.05, 4.69) is 31.8 Å². The molecule has 7 nitrogen and oxygen atoms in total. The average molecular weight is 415 g/mol. The number of nitrogens with zero attached hydrogens (tertiary/aromatic N) is 1. The minimum atomic E-state index is -0.475. The van der Waals surface area contributed by atoms with Gasteiger partial charge in [0.25, 0.3) is 11.8 Å². The van der Waals surface area contributed by atoms with E-state index in [0.717, 1.165) is 0 Å². The molecule has 0 aliphatic carbocycles. The summed E-state index contributed by atoms with van der Waals surface area (Å²) in [6.07, 6.45) is 1.34. The Morgan fingerprint density at radius 1 is 1.21 bits per heavy atom. The van der Waals surface area contributed by atoms with Gasteiger partial charge in [0.15, 0.2) is 11.3 Å². The SMILES string of the molecule is O=C(COc1ccc(Cl)cc1)NCC(=O)N/N=C/c1ccc(Br)o1. The van der Waals surface area contributed by atoms with Crippen LogP contribution in [0.25, 0.3) is 0 Å². The normalized spacial score (nSPS) is 10.6. The first-order valence-corrected chi connectivity index (χ1v) is 7.92. The van der Waals surface area contributed by atoms with Gasteiger partial charge in [-0.25, -0.2) is 5.43 Å². The van der Waals surface area contributed by atoms with E-state index in [-0.39, 0.29) is 13.2 Å². The van der Waals surface area contributed by atoms with E-state index < -0.39 is 11.8 Å². The zero-order valence-electron chi connectivity index (χ0n) is 12.3. The van der Waals surface area contributed by atoms with E-state index in [1.54, 1.807) is 36.4 Å². The molecule has 0 spiro atoms. The molecule has 0 aliphatic rings. The minimum Gasteiger partial charge on any atom is -0.484 e. The topological polar surface area (TPSA) is 92.9 Å². The maximum Gasteiger partial charge on any atom is 0.259 e. The molecule has 1 aromatic carbocycles. The third-order valence-corrected chi connectivity index (χ3v) is 3.28. The number of halogens is 2. The molecule has 24 heavy (non-hydrogen) atoms. The highest BCUT2D eigenvalue weighted by Crippen LogP contribution is 2.15. The van der Waals surface area contributed by atoms with Crippen LogP contribution >= 0.6 is 27.5 Å². The fraction of sp³-hybridized carbons (Fsp3) is 0.133. The van der Waals surface area contributed by atoms with E-state index in [9.17, 15) is 9.59 Å². The van der Waals surface area contributed by atoms with Gasteiger partial charge in [-0.15, -0.1) is 0 Å². The second-order valence-electron chi connectivity index (χ2n) is 4.45. The highest BCUT2D eigenvalue weighted by Gasteiger charge is 2.06. The van der Waals surface area contributed by atoms with Gasteiger partial charge in [0, 0.05) is 5.02 Å². The van der Waals surface area contributed by atoms with Crippen LogP contribution in [0.1, 0.15) is 5.76 Å². The molecular formula is C15H13BrClN3O4. The Balaban J connectivity index is 1.64. The van der Waals surface area contributed by atoms with Gasteiger partial charge in [-0.2, -0.15) is 5.10 Å². The number of amides is 2. The molecule has 2 N–H and O–H groups in total. The molecule has 0 fully saturated rings. The predicted octanol–water partition coefficient (Wildman–Crippen LogP) is 2.34. The molecule has 2 rings (SSSR count). The Labute approximate surface area is 151 Å². The van der Waals surface area contributed by atoms with Gasteiger partial charge >= 0.3 is 0 Å². The largest absolute Gasteiger partial charge is 0.484 e. The fourth-order valence-corrected chi connectivity index (χ4v) is 1.96. The van der Waals surface area contributed by atoms with Crippen LogP contribution in [-0.4, -0.2) is 31.2 Å². The molecule has 0 radical (unpaired) electrons. The van der Waals surface area contributed by atoms with Crippen LogP contribution in [-0.2, 0) is 9.59 Å². The smallest absolute Gasteiger partial charge is 0.259 e. The summed E-state index contributed by atoms with van der Waals surface area (Å²) in [4.78, 5) is 23.1. The van der Waals surface area contributed by atoms with Gasteiger partial charge in [-0.3, -0.25) is 9.59 Å². The highest BCUT2D eigenvalue weighted by molar-refractivity contribution is 9.10. The molecule has 0 saturated heterocycles. The summed E-state index contributed by atoms with van der Waals surface area (Å²) >= 11 is 8.89. The van der Waals surface area contributed by atoms with E-state index in [4.69, 9.17) is 20.8 Å². The monoisotopic (exact) mass is 413 g/mol. The van der Waals surface area contributed by atoms with Crippen molar-refractivity contribution < 1.29 is 18.7 Å². The number of carbonyl (C=O) groups excluding carboxylic acids is 2. The summed E-state index contributed by atoms with van der Waals surface area (Å²) in [5.74, 6) is 0.0755. The van der Waals surface area contributed by atoms with Crippen molar-refractivity contribution in [3.63, 3.8) is 0 Å². The Kier molecular flexibility index (Phi) is 6.83. The molecule has 0 aliphatic heterocycles. The van der Waals surface area contributed by atoms with Crippen molar-refractivity contribution in [1.82, 2.24) is 10.7 Å². The first-order valence-electron chi connectivity index (χ1n) is 6.75. The van der Waals surface area contributed by atoms with Crippen LogP contribution in [0.3, 0.4) is 0 Å². The van der Waals surface area contributed by atoms with E-state index in [1.165, 1.54) is 6.21 Å². The van der Waals surface area contributed by atoms with Gasteiger partial charge in [0.2, 0.25) is 0 Å². The first kappa shape index (κ1) is 18.0. The lowest BCUT2D eigenvalue weighted by Crippen LogP contribution is -2.37. The third-order valence-electron chi connectivity index (χ3n) is 2.60. The molecule has 1 heterocycles. The lowest BCUT2D eigenvalue weighted by atomic mass is 10.3. The summed E-state index contributed by atoms with van der Waals surface area (Å²) in [7, 11) is 0. The first-order chi connectivity index (χ1) is 11.5. The van der Waals surface area contributed by atoms with Crippen molar-refractivity contribution in [2.24, 2.45) is 5.10 Å². The molecule has 1 aromatic heterocycles. The Morgan fingerprint density at radius 2 is 1.96 bits per heavy atom. The summed E-state index contributed by atoms with van der Waals surface area (Å²) in [5, 5.41) is 6.69. The van der Waals surface area contributed by atoms with E-state index in [1.807, 2.05) is 0 Å². The number of carbonyl (C=O) groups is 2. The highest BCUT2D eigenvalue weighted by atomic mass is 79.9. The molecule has 9 heteroatoms. The van der Waals surface area contributed by atoms with Crippen LogP contribution in [0, 0.1) is 0 Å². The van der Waals surface area contributed by atoms with Crippen molar-refractivity contribution in [2.75, 3.05) is 13.2 Å². The maximum absolute atomic E-state index is 11.6. The number of ether oxygens (including phenoxy) is 1. The average Bonchev–Trinajstić information content (AvgIpc) is 2.98. The number of hydrogen-bond acceptors (Lipinski definition) is 5. The lowest BCUT2D eigenvalue weighted by molar-refractivity contribution is -0.127. The van der Waals surface area contributed by atoms with Crippen LogP contribution in [0.4, 0.5) is 0 Å². The number of rotatable bonds is 7. The van der Waals surface area contributed by atoms with Crippen molar-refractivity contribution >= 4 is 45.6 Å². The second-order valence-corrected chi connectivity index (χ2v) is 5.67. The molecular weight excluding hydrogens is 402 g/mol. The van der Waals surface area contributed by atoms with Crippen molar-refractivity contribution in [3.8, 4) is 5.75 Å². The van der Waals surface area contributed by atoms with Crippen molar-refractivity contribution in [3.05, 3.63) is 51.9 Å². The standard InChI is InChI=1S/C15H13BrClN3O4/c16-13-6-5-12(24-13)7-19-20-14(21)8-18-15(22)9-23-11-3-1-10(17)2-4-11/h1-7H,8-9H2,(H,18,22)(H,20,21)/b19-7+. The summed E-state index contributed by atoms with van der Waals surface area (Å²) in [5.41, 5.74) is 2.26. The van der Waals surface area contributed by atoms with Gasteiger partial charge in [-0.1, -0.05) is 11.6 Å². The molecule has 2 aromatic rings. The van der Waals surface area contributed by atoms with Gasteiger partial charge < -0.3 is 14.5 Å².